The van der Waals surface area contributed by atoms with Gasteiger partial charge in [-0.2, -0.15) is 4.31 Å². The zero-order valence-corrected chi connectivity index (χ0v) is 15.6. The first-order valence-electron chi connectivity index (χ1n) is 8.56. The molecule has 0 saturated heterocycles. The minimum atomic E-state index is -3.52. The van der Waals surface area contributed by atoms with E-state index in [1.54, 1.807) is 35.5 Å². The molecule has 0 saturated carbocycles. The maximum absolute atomic E-state index is 13.0. The van der Waals surface area contributed by atoms with Crippen molar-refractivity contribution in [3.8, 4) is 11.3 Å². The molecule has 0 unspecified atom stereocenters. The Morgan fingerprint density at radius 3 is 2.35 bits per heavy atom. The van der Waals surface area contributed by atoms with E-state index in [1.807, 2.05) is 25.1 Å². The van der Waals surface area contributed by atoms with E-state index in [2.05, 4.69) is 11.1 Å². The van der Waals surface area contributed by atoms with Crippen molar-refractivity contribution in [2.24, 2.45) is 0 Å². The molecule has 3 aromatic rings. The summed E-state index contributed by atoms with van der Waals surface area (Å²) in [6.07, 6.45) is 0.741. The molecule has 2 heterocycles. The number of benzene rings is 2. The van der Waals surface area contributed by atoms with Gasteiger partial charge in [-0.15, -0.1) is 0 Å². The molecule has 134 valence electrons. The Bertz CT molecular complexity index is 1050. The van der Waals surface area contributed by atoms with Gasteiger partial charge in [0.15, 0.2) is 5.89 Å². The molecular weight excluding hydrogens is 348 g/mol. The highest BCUT2D eigenvalue weighted by Gasteiger charge is 2.28. The van der Waals surface area contributed by atoms with Gasteiger partial charge in [-0.25, -0.2) is 13.4 Å². The number of aryl methyl sites for hydroxylation is 2. The van der Waals surface area contributed by atoms with Crippen LogP contribution in [0.3, 0.4) is 0 Å². The van der Waals surface area contributed by atoms with Gasteiger partial charge in [-0.1, -0.05) is 36.4 Å². The number of nitrogens with zero attached hydrogens (tertiary/aromatic N) is 2. The molecule has 1 aliphatic rings. The highest BCUT2D eigenvalue weighted by atomic mass is 32.2. The Morgan fingerprint density at radius 2 is 1.69 bits per heavy atom. The quantitative estimate of drug-likeness (QED) is 0.707. The first-order chi connectivity index (χ1) is 12.4. The lowest BCUT2D eigenvalue weighted by molar-refractivity contribution is 0.391. The predicted molar refractivity (Wildman–Crippen MR) is 99.2 cm³/mol. The molecule has 0 bridgehead atoms. The van der Waals surface area contributed by atoms with Crippen LogP contribution in [-0.2, 0) is 23.0 Å². The number of rotatable bonds is 3. The summed E-state index contributed by atoms with van der Waals surface area (Å²) in [5.41, 5.74) is 3.90. The minimum absolute atomic E-state index is 0.304. The van der Waals surface area contributed by atoms with Crippen LogP contribution in [0.4, 0.5) is 0 Å². The van der Waals surface area contributed by atoms with E-state index in [0.717, 1.165) is 29.0 Å². The highest BCUT2D eigenvalue weighted by molar-refractivity contribution is 7.89. The topological polar surface area (TPSA) is 63.4 Å². The first kappa shape index (κ1) is 17.0. The van der Waals surface area contributed by atoms with Gasteiger partial charge < -0.3 is 4.42 Å². The Kier molecular flexibility index (Phi) is 4.17. The van der Waals surface area contributed by atoms with Crippen LogP contribution < -0.4 is 0 Å². The Morgan fingerprint density at radius 1 is 1.00 bits per heavy atom. The lowest BCUT2D eigenvalue weighted by atomic mass is 10.0. The molecule has 0 spiro atoms. The Balaban J connectivity index is 1.62. The van der Waals surface area contributed by atoms with Crippen molar-refractivity contribution in [3.63, 3.8) is 0 Å². The largest absolute Gasteiger partial charge is 0.446 e. The fourth-order valence-electron chi connectivity index (χ4n) is 3.41. The van der Waals surface area contributed by atoms with E-state index >= 15 is 0 Å². The van der Waals surface area contributed by atoms with Crippen molar-refractivity contribution in [2.75, 3.05) is 6.54 Å². The first-order valence-corrected chi connectivity index (χ1v) is 10.0. The number of fused-ring (bicyclic) bond motifs is 1. The SMILES string of the molecule is Cc1nc(-c2ccc(S(=O)(=O)N3CCc4ccccc4C3)cc2)c(C)o1. The van der Waals surface area contributed by atoms with Crippen molar-refractivity contribution in [3.05, 3.63) is 71.3 Å². The molecule has 0 radical (unpaired) electrons. The molecule has 6 heteroatoms. The van der Waals surface area contributed by atoms with Crippen LogP contribution in [0.15, 0.2) is 57.8 Å². The highest BCUT2D eigenvalue weighted by Crippen LogP contribution is 2.28. The van der Waals surface area contributed by atoms with Gasteiger partial charge in [-0.3, -0.25) is 0 Å². The third kappa shape index (κ3) is 2.95. The summed E-state index contributed by atoms with van der Waals surface area (Å²) in [4.78, 5) is 4.66. The van der Waals surface area contributed by atoms with Crippen molar-refractivity contribution in [1.29, 1.82) is 0 Å². The summed E-state index contributed by atoms with van der Waals surface area (Å²) >= 11 is 0. The van der Waals surface area contributed by atoms with Crippen LogP contribution in [0.5, 0.6) is 0 Å². The van der Waals surface area contributed by atoms with Crippen LogP contribution >= 0.6 is 0 Å². The lowest BCUT2D eigenvalue weighted by Gasteiger charge is -2.28. The van der Waals surface area contributed by atoms with E-state index in [9.17, 15) is 8.42 Å². The van der Waals surface area contributed by atoms with Crippen LogP contribution in [0.2, 0.25) is 0 Å². The molecule has 0 aliphatic carbocycles. The molecule has 1 aromatic heterocycles. The van der Waals surface area contributed by atoms with E-state index in [1.165, 1.54) is 5.56 Å². The second-order valence-electron chi connectivity index (χ2n) is 6.52. The van der Waals surface area contributed by atoms with Crippen molar-refractivity contribution >= 4 is 10.0 Å². The predicted octanol–water partition coefficient (Wildman–Crippen LogP) is 3.71. The van der Waals surface area contributed by atoms with E-state index < -0.39 is 10.0 Å². The Hall–Kier alpha value is -2.44. The van der Waals surface area contributed by atoms with Gasteiger partial charge in [-0.05, 0) is 36.6 Å². The molecule has 0 amide bonds. The van der Waals surface area contributed by atoms with Crippen LogP contribution in [0, 0.1) is 13.8 Å². The lowest BCUT2D eigenvalue weighted by Crippen LogP contribution is -2.35. The summed E-state index contributed by atoms with van der Waals surface area (Å²) in [6, 6.07) is 14.9. The smallest absolute Gasteiger partial charge is 0.243 e. The number of hydrogen-bond acceptors (Lipinski definition) is 4. The fourth-order valence-corrected chi connectivity index (χ4v) is 4.82. The summed E-state index contributed by atoms with van der Waals surface area (Å²) in [6.45, 7) is 4.57. The molecule has 1 aliphatic heterocycles. The average molecular weight is 368 g/mol. The summed E-state index contributed by atoms with van der Waals surface area (Å²) in [5, 5.41) is 0. The minimum Gasteiger partial charge on any atom is -0.446 e. The maximum Gasteiger partial charge on any atom is 0.243 e. The standard InChI is InChI=1S/C20H20N2O3S/c1-14-20(21-15(2)25-14)17-7-9-19(10-8-17)26(23,24)22-12-11-16-5-3-4-6-18(16)13-22/h3-10H,11-13H2,1-2H3. The number of hydrogen-bond donors (Lipinski definition) is 0. The number of aromatic nitrogens is 1. The van der Waals surface area contributed by atoms with E-state index in [-0.39, 0.29) is 0 Å². The van der Waals surface area contributed by atoms with Crippen molar-refractivity contribution in [1.82, 2.24) is 9.29 Å². The third-order valence-corrected chi connectivity index (χ3v) is 6.62. The molecule has 26 heavy (non-hydrogen) atoms. The summed E-state index contributed by atoms with van der Waals surface area (Å²) in [7, 11) is -3.52. The number of oxazole rings is 1. The molecule has 0 N–H and O–H groups in total. The van der Waals surface area contributed by atoms with Crippen molar-refractivity contribution < 1.29 is 12.8 Å². The van der Waals surface area contributed by atoms with Crippen LogP contribution in [0.1, 0.15) is 22.8 Å². The van der Waals surface area contributed by atoms with Gasteiger partial charge in [0.1, 0.15) is 11.5 Å². The molecule has 0 atom stereocenters. The van der Waals surface area contributed by atoms with E-state index in [4.69, 9.17) is 4.42 Å². The van der Waals surface area contributed by atoms with Crippen molar-refractivity contribution in [2.45, 2.75) is 31.7 Å². The zero-order valence-electron chi connectivity index (χ0n) is 14.8. The normalized spacial score (nSPS) is 15.0. The van der Waals surface area contributed by atoms with E-state index in [0.29, 0.717) is 23.9 Å². The monoisotopic (exact) mass is 368 g/mol. The fraction of sp³-hybridized carbons (Fsp3) is 0.250. The van der Waals surface area contributed by atoms with Crippen LogP contribution in [-0.4, -0.2) is 24.3 Å². The summed E-state index contributed by atoms with van der Waals surface area (Å²) in [5.74, 6) is 1.33. The molecule has 5 nitrogen and oxygen atoms in total. The molecule has 4 rings (SSSR count). The average Bonchev–Trinajstić information content (AvgIpc) is 2.99. The van der Waals surface area contributed by atoms with Gasteiger partial charge in [0.25, 0.3) is 0 Å². The van der Waals surface area contributed by atoms with Gasteiger partial charge in [0, 0.05) is 25.6 Å². The third-order valence-electron chi connectivity index (χ3n) is 4.76. The summed E-state index contributed by atoms with van der Waals surface area (Å²) < 4.78 is 33.0. The number of sulfonamides is 1. The van der Waals surface area contributed by atoms with Gasteiger partial charge >= 0.3 is 0 Å². The molecule has 0 fully saturated rings. The Labute approximate surface area is 153 Å². The second-order valence-corrected chi connectivity index (χ2v) is 8.46. The zero-order chi connectivity index (χ0) is 18.3. The molecular formula is C20H20N2O3S. The second kappa shape index (κ2) is 6.37. The molecule has 2 aromatic carbocycles. The van der Waals surface area contributed by atoms with Crippen LogP contribution in [0.25, 0.3) is 11.3 Å². The van der Waals surface area contributed by atoms with Gasteiger partial charge in [0.2, 0.25) is 10.0 Å². The van der Waals surface area contributed by atoms with Gasteiger partial charge in [0.05, 0.1) is 4.90 Å². The maximum atomic E-state index is 13.0.